The number of benzene rings is 3. The minimum absolute atomic E-state index is 0.212. The van der Waals surface area contributed by atoms with E-state index in [1.807, 2.05) is 90.4 Å². The number of carbonyl (C=O) groups excluding carboxylic acids is 1. The third-order valence-electron chi connectivity index (χ3n) is 7.65. The maximum atomic E-state index is 14.5. The molecule has 0 saturated heterocycles. The van der Waals surface area contributed by atoms with Crippen LogP contribution < -0.4 is 19.8 Å². The Morgan fingerprint density at radius 2 is 1.79 bits per heavy atom. The standard InChI is InChI=1S/C34H31FN4O3S/c1-5-42-33(41)30-21(2)36-34-39(31(30)22-14-16-25(17-15-22)37(3)4)32(40)29(43-34)18-24-20-38(28-13-9-7-11-26(24)28)19-23-10-6-8-12-27(23)35/h6-18,20,31H,5,19H2,1-4H3/b29-18-/t31-/m1/s1. The Hall–Kier alpha value is -4.76. The second kappa shape index (κ2) is 11.5. The average molecular weight is 595 g/mol. The van der Waals surface area contributed by atoms with Crippen LogP contribution in [0, 0.1) is 5.82 Å². The Balaban J connectivity index is 1.51. The van der Waals surface area contributed by atoms with Gasteiger partial charge in [0, 0.05) is 48.0 Å². The fourth-order valence-electron chi connectivity index (χ4n) is 5.53. The first-order valence-electron chi connectivity index (χ1n) is 14.0. The average Bonchev–Trinajstić information content (AvgIpc) is 3.50. The lowest BCUT2D eigenvalue weighted by Gasteiger charge is -2.25. The van der Waals surface area contributed by atoms with Crippen LogP contribution in [0.5, 0.6) is 0 Å². The summed E-state index contributed by atoms with van der Waals surface area (Å²) in [6.07, 6.45) is 3.81. The molecule has 0 bridgehead atoms. The van der Waals surface area contributed by atoms with Crippen LogP contribution in [0.1, 0.15) is 36.6 Å². The zero-order valence-electron chi connectivity index (χ0n) is 24.4. The molecule has 0 unspecified atom stereocenters. The highest BCUT2D eigenvalue weighted by Crippen LogP contribution is 2.32. The number of ether oxygens (including phenoxy) is 1. The van der Waals surface area contributed by atoms with Crippen molar-refractivity contribution < 1.29 is 13.9 Å². The van der Waals surface area contributed by atoms with Gasteiger partial charge in [0.1, 0.15) is 5.82 Å². The fourth-order valence-corrected chi connectivity index (χ4v) is 6.57. The van der Waals surface area contributed by atoms with E-state index >= 15 is 0 Å². The zero-order chi connectivity index (χ0) is 30.2. The Morgan fingerprint density at radius 1 is 1.07 bits per heavy atom. The van der Waals surface area contributed by atoms with Crippen molar-refractivity contribution in [3.05, 3.63) is 132 Å². The first-order chi connectivity index (χ1) is 20.8. The summed E-state index contributed by atoms with van der Waals surface area (Å²) in [4.78, 5) is 34.5. The van der Waals surface area contributed by atoms with Crippen molar-refractivity contribution in [3.63, 3.8) is 0 Å². The number of hydrogen-bond donors (Lipinski definition) is 0. The van der Waals surface area contributed by atoms with Crippen molar-refractivity contribution in [1.82, 2.24) is 9.13 Å². The van der Waals surface area contributed by atoms with Crippen LogP contribution in [0.4, 0.5) is 10.1 Å². The van der Waals surface area contributed by atoms with Crippen LogP contribution in [-0.4, -0.2) is 35.8 Å². The van der Waals surface area contributed by atoms with E-state index in [0.29, 0.717) is 32.7 Å². The van der Waals surface area contributed by atoms with E-state index < -0.39 is 12.0 Å². The molecule has 1 atom stereocenters. The van der Waals surface area contributed by atoms with Crippen molar-refractivity contribution >= 4 is 40.0 Å². The van der Waals surface area contributed by atoms with Gasteiger partial charge in [-0.15, -0.1) is 0 Å². The van der Waals surface area contributed by atoms with Crippen LogP contribution >= 0.6 is 11.3 Å². The molecule has 0 radical (unpaired) electrons. The number of rotatable bonds is 7. The molecule has 218 valence electrons. The van der Waals surface area contributed by atoms with Crippen molar-refractivity contribution in [1.29, 1.82) is 0 Å². The summed E-state index contributed by atoms with van der Waals surface area (Å²) >= 11 is 1.28. The fraction of sp³-hybridized carbons (Fsp3) is 0.206. The van der Waals surface area contributed by atoms with Gasteiger partial charge in [-0.2, -0.15) is 0 Å². The van der Waals surface area contributed by atoms with E-state index in [1.165, 1.54) is 17.4 Å². The Labute approximate surface area is 252 Å². The number of esters is 1. The molecule has 0 fully saturated rings. The molecule has 3 aromatic carbocycles. The number of aromatic nitrogens is 2. The molecule has 9 heteroatoms. The summed E-state index contributed by atoms with van der Waals surface area (Å²) in [6, 6.07) is 21.7. The molecule has 0 amide bonds. The van der Waals surface area contributed by atoms with E-state index in [-0.39, 0.29) is 18.0 Å². The van der Waals surface area contributed by atoms with E-state index in [1.54, 1.807) is 30.5 Å². The minimum Gasteiger partial charge on any atom is -0.463 e. The molecule has 3 heterocycles. The molecule has 0 spiro atoms. The lowest BCUT2D eigenvalue weighted by molar-refractivity contribution is -0.139. The van der Waals surface area contributed by atoms with Crippen LogP contribution in [-0.2, 0) is 16.1 Å². The van der Waals surface area contributed by atoms with E-state index in [4.69, 9.17) is 9.73 Å². The number of carbonyl (C=O) groups is 1. The van der Waals surface area contributed by atoms with Gasteiger partial charge in [-0.05, 0) is 49.8 Å². The quantitative estimate of drug-likeness (QED) is 0.249. The van der Waals surface area contributed by atoms with Gasteiger partial charge < -0.3 is 14.2 Å². The number of allylic oxidation sites excluding steroid dienone is 1. The van der Waals surface area contributed by atoms with Crippen molar-refractivity contribution in [2.75, 3.05) is 25.6 Å². The van der Waals surface area contributed by atoms with Crippen LogP contribution in [0.15, 0.2) is 100 Å². The smallest absolute Gasteiger partial charge is 0.338 e. The summed E-state index contributed by atoms with van der Waals surface area (Å²) < 4.78 is 24.0. The van der Waals surface area contributed by atoms with Gasteiger partial charge in [0.25, 0.3) is 5.56 Å². The second-order valence-corrected chi connectivity index (χ2v) is 11.6. The predicted octanol–water partition coefficient (Wildman–Crippen LogP) is 5.01. The molecule has 7 nitrogen and oxygen atoms in total. The molecular formula is C34H31FN4O3S. The second-order valence-electron chi connectivity index (χ2n) is 10.6. The highest BCUT2D eigenvalue weighted by molar-refractivity contribution is 7.07. The number of para-hydroxylation sites is 1. The lowest BCUT2D eigenvalue weighted by atomic mass is 9.95. The summed E-state index contributed by atoms with van der Waals surface area (Å²) in [5.41, 5.74) is 4.77. The van der Waals surface area contributed by atoms with Gasteiger partial charge in [-0.25, -0.2) is 14.2 Å². The molecule has 5 aromatic rings. The number of hydrogen-bond acceptors (Lipinski definition) is 6. The molecule has 1 aliphatic rings. The maximum absolute atomic E-state index is 14.5. The Morgan fingerprint density at radius 3 is 2.51 bits per heavy atom. The van der Waals surface area contributed by atoms with Gasteiger partial charge >= 0.3 is 5.97 Å². The molecular weight excluding hydrogens is 563 g/mol. The SMILES string of the molecule is CCOC(=O)C1=C(C)N=c2s/c(=C\c3cn(Cc4ccccc4F)c4ccccc34)c(=O)n2[C@@H]1c1ccc(N(C)C)cc1. The third kappa shape index (κ3) is 5.21. The molecule has 43 heavy (non-hydrogen) atoms. The van der Waals surface area contributed by atoms with E-state index in [0.717, 1.165) is 27.7 Å². The highest BCUT2D eigenvalue weighted by atomic mass is 32.1. The molecule has 2 aromatic heterocycles. The van der Waals surface area contributed by atoms with E-state index in [2.05, 4.69) is 0 Å². The monoisotopic (exact) mass is 594 g/mol. The Bertz CT molecular complexity index is 2070. The summed E-state index contributed by atoms with van der Waals surface area (Å²) in [5.74, 6) is -0.752. The van der Waals surface area contributed by atoms with Crippen molar-refractivity contribution in [2.45, 2.75) is 26.4 Å². The zero-order valence-corrected chi connectivity index (χ0v) is 25.2. The van der Waals surface area contributed by atoms with Gasteiger partial charge in [0.05, 0.1) is 35.0 Å². The highest BCUT2D eigenvalue weighted by Gasteiger charge is 2.33. The normalized spacial score (nSPS) is 15.0. The van der Waals surface area contributed by atoms with Gasteiger partial charge in [-0.1, -0.05) is 59.9 Å². The third-order valence-corrected chi connectivity index (χ3v) is 8.63. The van der Waals surface area contributed by atoms with Crippen molar-refractivity contribution in [2.24, 2.45) is 4.99 Å². The summed E-state index contributed by atoms with van der Waals surface area (Å²) in [7, 11) is 3.92. The number of fused-ring (bicyclic) bond motifs is 2. The lowest BCUT2D eigenvalue weighted by Crippen LogP contribution is -2.39. The molecule has 6 rings (SSSR count). The predicted molar refractivity (Wildman–Crippen MR) is 169 cm³/mol. The summed E-state index contributed by atoms with van der Waals surface area (Å²) in [6.45, 7) is 4.10. The van der Waals surface area contributed by atoms with Gasteiger partial charge in [0.15, 0.2) is 4.80 Å². The van der Waals surface area contributed by atoms with Gasteiger partial charge in [-0.3, -0.25) is 9.36 Å². The minimum atomic E-state index is -0.684. The number of thiazole rings is 1. The number of halogens is 1. The Kier molecular flexibility index (Phi) is 7.58. The van der Waals surface area contributed by atoms with E-state index in [9.17, 15) is 14.0 Å². The molecule has 1 aliphatic heterocycles. The first-order valence-corrected chi connectivity index (χ1v) is 14.9. The molecule has 0 saturated carbocycles. The largest absolute Gasteiger partial charge is 0.463 e. The first kappa shape index (κ1) is 28.4. The topological polar surface area (TPSA) is 68.8 Å². The summed E-state index contributed by atoms with van der Waals surface area (Å²) in [5, 5.41) is 0.948. The maximum Gasteiger partial charge on any atom is 0.338 e. The number of nitrogens with zero attached hydrogens (tertiary/aromatic N) is 4. The van der Waals surface area contributed by atoms with Gasteiger partial charge in [0.2, 0.25) is 0 Å². The molecule has 0 aliphatic carbocycles. The van der Waals surface area contributed by atoms with Crippen LogP contribution in [0.25, 0.3) is 17.0 Å². The van der Waals surface area contributed by atoms with Crippen LogP contribution in [0.3, 0.4) is 0 Å². The van der Waals surface area contributed by atoms with Crippen molar-refractivity contribution in [3.8, 4) is 0 Å². The molecule has 0 N–H and O–H groups in total. The van der Waals surface area contributed by atoms with Crippen LogP contribution in [0.2, 0.25) is 0 Å². The number of anilines is 1.